The van der Waals surface area contributed by atoms with Crippen LogP contribution in [0.25, 0.3) is 0 Å². The van der Waals surface area contributed by atoms with Crippen LogP contribution in [0.2, 0.25) is 0 Å². The van der Waals surface area contributed by atoms with E-state index in [1.165, 1.54) is 20.1 Å². The molecule has 0 aliphatic carbocycles. The first-order valence-electron chi connectivity index (χ1n) is 11.7. The lowest BCUT2D eigenvalue weighted by Gasteiger charge is -2.29. The molecule has 2 rings (SSSR count). The molecule has 1 heterocycles. The van der Waals surface area contributed by atoms with E-state index in [4.69, 9.17) is 18.9 Å². The van der Waals surface area contributed by atoms with Crippen LogP contribution in [0.1, 0.15) is 44.6 Å². The quantitative estimate of drug-likeness (QED) is 0.201. The Kier molecular flexibility index (Phi) is 10.9. The number of Topliss-reactive ketones (excluding diaryl/α,β-unsaturated/α-hetero) is 1. The molecule has 0 N–H and O–H groups in total. The first kappa shape index (κ1) is 30.4. The van der Waals surface area contributed by atoms with Gasteiger partial charge in [0.1, 0.15) is 18.0 Å². The lowest BCUT2D eigenvalue weighted by atomic mass is 9.98. The van der Waals surface area contributed by atoms with Gasteiger partial charge in [0.2, 0.25) is 6.79 Å². The Hall–Kier alpha value is -3.83. The van der Waals surface area contributed by atoms with Gasteiger partial charge in [-0.15, -0.1) is 0 Å². The highest BCUT2D eigenvalue weighted by Crippen LogP contribution is 2.35. The lowest BCUT2D eigenvalue weighted by Crippen LogP contribution is -2.42. The zero-order chi connectivity index (χ0) is 28.5. The van der Waals surface area contributed by atoms with Crippen molar-refractivity contribution in [3.05, 3.63) is 48.3 Å². The standard InChI is InChI=1S/C26H30F3NO8/c1-15(2)23(38-18-9-7-6-8-10-18)16(3)37-25(33)19(26(27,28)29)13-20(32)22-24(36-14-35-17(4)31)21(34-5)11-12-30-22/h6-12,15-16,19,23H,13-14H2,1-5H3/t16-,19?,23+/m0/s1. The molecule has 0 saturated heterocycles. The van der Waals surface area contributed by atoms with E-state index in [1.807, 2.05) is 0 Å². The number of nitrogens with zero attached hydrogens (tertiary/aromatic N) is 1. The molecule has 208 valence electrons. The molecule has 1 aromatic carbocycles. The van der Waals surface area contributed by atoms with Crippen LogP contribution in [0.15, 0.2) is 42.6 Å². The Morgan fingerprint density at radius 2 is 1.68 bits per heavy atom. The van der Waals surface area contributed by atoms with E-state index in [-0.39, 0.29) is 17.4 Å². The normalized spacial score (nSPS) is 13.7. The van der Waals surface area contributed by atoms with Crippen LogP contribution < -0.4 is 14.2 Å². The maximum Gasteiger partial charge on any atom is 0.402 e. The maximum absolute atomic E-state index is 13.9. The molecule has 9 nitrogen and oxygen atoms in total. The number of carbonyl (C=O) groups excluding carboxylic acids is 3. The average Bonchev–Trinajstić information content (AvgIpc) is 2.85. The van der Waals surface area contributed by atoms with E-state index in [0.29, 0.717) is 5.75 Å². The van der Waals surface area contributed by atoms with Crippen LogP contribution in [-0.2, 0) is 19.1 Å². The third-order valence-electron chi connectivity index (χ3n) is 5.32. The highest BCUT2D eigenvalue weighted by atomic mass is 19.4. The molecular weight excluding hydrogens is 511 g/mol. The summed E-state index contributed by atoms with van der Waals surface area (Å²) in [6, 6.07) is 9.87. The number of ketones is 1. The number of ether oxygens (including phenoxy) is 5. The monoisotopic (exact) mass is 541 g/mol. The molecule has 2 aromatic rings. The van der Waals surface area contributed by atoms with Crippen molar-refractivity contribution in [2.24, 2.45) is 11.8 Å². The third kappa shape index (κ3) is 8.63. The molecule has 1 aromatic heterocycles. The molecule has 0 fully saturated rings. The number of esters is 2. The van der Waals surface area contributed by atoms with E-state index < -0.39 is 60.9 Å². The summed E-state index contributed by atoms with van der Waals surface area (Å²) >= 11 is 0. The van der Waals surface area contributed by atoms with Crippen LogP contribution in [0.5, 0.6) is 17.2 Å². The van der Waals surface area contributed by atoms with Crippen molar-refractivity contribution in [2.45, 2.75) is 52.5 Å². The minimum absolute atomic E-state index is 0.0342. The van der Waals surface area contributed by atoms with Crippen molar-refractivity contribution in [2.75, 3.05) is 13.9 Å². The van der Waals surface area contributed by atoms with Crippen LogP contribution in [0, 0.1) is 11.8 Å². The second-order valence-corrected chi connectivity index (χ2v) is 8.59. The number of hydrogen-bond donors (Lipinski definition) is 0. The van der Waals surface area contributed by atoms with Crippen molar-refractivity contribution in [1.29, 1.82) is 0 Å². The van der Waals surface area contributed by atoms with Crippen molar-refractivity contribution in [3.8, 4) is 17.2 Å². The fourth-order valence-electron chi connectivity index (χ4n) is 3.48. The Balaban J connectivity index is 2.24. The van der Waals surface area contributed by atoms with Gasteiger partial charge in [0.05, 0.1) is 7.11 Å². The smallest absolute Gasteiger partial charge is 0.402 e. The summed E-state index contributed by atoms with van der Waals surface area (Å²) in [7, 11) is 1.24. The molecular formula is C26H30F3NO8. The largest absolute Gasteiger partial charge is 0.493 e. The molecule has 0 bridgehead atoms. The predicted molar refractivity (Wildman–Crippen MR) is 128 cm³/mol. The number of rotatable bonds is 13. The molecule has 0 aliphatic heterocycles. The number of benzene rings is 1. The third-order valence-corrected chi connectivity index (χ3v) is 5.32. The van der Waals surface area contributed by atoms with Gasteiger partial charge >= 0.3 is 18.1 Å². The molecule has 3 atom stereocenters. The summed E-state index contributed by atoms with van der Waals surface area (Å²) in [5.41, 5.74) is -0.529. The zero-order valence-electron chi connectivity index (χ0n) is 21.6. The zero-order valence-corrected chi connectivity index (χ0v) is 21.6. The molecule has 1 unspecified atom stereocenters. The number of hydrogen-bond acceptors (Lipinski definition) is 9. The van der Waals surface area contributed by atoms with Crippen LogP contribution in [0.4, 0.5) is 13.2 Å². The molecule has 0 saturated carbocycles. The summed E-state index contributed by atoms with van der Waals surface area (Å²) in [5.74, 6) is -6.39. The van der Waals surface area contributed by atoms with Crippen LogP contribution in [0.3, 0.4) is 0 Å². The Bertz CT molecular complexity index is 1090. The van der Waals surface area contributed by atoms with E-state index in [0.717, 1.165) is 13.1 Å². The minimum Gasteiger partial charge on any atom is -0.493 e. The van der Waals surface area contributed by atoms with Crippen LogP contribution in [-0.4, -0.2) is 55.0 Å². The van der Waals surface area contributed by atoms with E-state index in [2.05, 4.69) is 9.72 Å². The summed E-state index contributed by atoms with van der Waals surface area (Å²) in [5, 5.41) is 0. The van der Waals surface area contributed by atoms with Gasteiger partial charge in [0.15, 0.2) is 28.9 Å². The number of aromatic nitrogens is 1. The van der Waals surface area contributed by atoms with Crippen molar-refractivity contribution in [1.82, 2.24) is 4.98 Å². The summed E-state index contributed by atoms with van der Waals surface area (Å²) < 4.78 is 67.8. The van der Waals surface area contributed by atoms with Gasteiger partial charge in [-0.25, -0.2) is 4.98 Å². The SMILES string of the molecule is COc1ccnc(C(=O)CC(C(=O)O[C@@H](C)[C@H](Oc2ccccc2)C(C)C)C(F)(F)F)c1OCOC(C)=O. The summed E-state index contributed by atoms with van der Waals surface area (Å²) in [6.07, 6.45) is -7.10. The number of methoxy groups -OCH3 is 1. The molecule has 0 aliphatic rings. The topological polar surface area (TPSA) is 110 Å². The van der Waals surface area contributed by atoms with Gasteiger partial charge in [0, 0.05) is 25.6 Å². The number of para-hydroxylation sites is 1. The fraction of sp³-hybridized carbons (Fsp3) is 0.462. The fourth-order valence-corrected chi connectivity index (χ4v) is 3.48. The van der Waals surface area contributed by atoms with Gasteiger partial charge in [-0.2, -0.15) is 13.2 Å². The Labute approximate surface area is 218 Å². The Morgan fingerprint density at radius 1 is 1.03 bits per heavy atom. The van der Waals surface area contributed by atoms with E-state index in [1.54, 1.807) is 44.2 Å². The van der Waals surface area contributed by atoms with Gasteiger partial charge in [-0.3, -0.25) is 14.4 Å². The van der Waals surface area contributed by atoms with E-state index >= 15 is 0 Å². The summed E-state index contributed by atoms with van der Waals surface area (Å²) in [4.78, 5) is 40.5. The molecule has 0 radical (unpaired) electrons. The molecule has 12 heteroatoms. The molecule has 38 heavy (non-hydrogen) atoms. The van der Waals surface area contributed by atoms with Crippen LogP contribution >= 0.6 is 0 Å². The number of alkyl halides is 3. The van der Waals surface area contributed by atoms with E-state index in [9.17, 15) is 27.6 Å². The van der Waals surface area contributed by atoms with Gasteiger partial charge in [-0.1, -0.05) is 32.0 Å². The summed E-state index contributed by atoms with van der Waals surface area (Å²) in [6.45, 7) is 5.44. The van der Waals surface area contributed by atoms with Gasteiger partial charge in [-0.05, 0) is 25.0 Å². The Morgan fingerprint density at radius 3 is 2.24 bits per heavy atom. The average molecular weight is 542 g/mol. The first-order valence-corrected chi connectivity index (χ1v) is 11.7. The predicted octanol–water partition coefficient (Wildman–Crippen LogP) is 4.78. The lowest BCUT2D eigenvalue weighted by molar-refractivity contribution is -0.202. The van der Waals surface area contributed by atoms with Gasteiger partial charge in [0.25, 0.3) is 0 Å². The van der Waals surface area contributed by atoms with Crippen molar-refractivity contribution in [3.63, 3.8) is 0 Å². The number of pyridine rings is 1. The second kappa shape index (κ2) is 13.6. The minimum atomic E-state index is -5.10. The van der Waals surface area contributed by atoms with Gasteiger partial charge < -0.3 is 23.7 Å². The van der Waals surface area contributed by atoms with Crippen molar-refractivity contribution < 1.29 is 51.2 Å². The highest BCUT2D eigenvalue weighted by molar-refractivity contribution is 5.99. The van der Waals surface area contributed by atoms with Crippen molar-refractivity contribution >= 4 is 17.7 Å². The maximum atomic E-state index is 13.9. The first-order chi connectivity index (χ1) is 17.8. The highest BCUT2D eigenvalue weighted by Gasteiger charge is 2.48. The second-order valence-electron chi connectivity index (χ2n) is 8.59. The molecule has 0 spiro atoms. The molecule has 0 amide bonds. The number of carbonyl (C=O) groups is 3. The number of halogens is 3.